The second-order valence-electron chi connectivity index (χ2n) is 10.9. The SMILES string of the molecule is Cc1cnc(NC(=O)CC[C@@H]2C[C@@](O)(CC=N)[C@@]3(C)CCC4c5ccc(O)cc5CCC4C23)s1. The van der Waals surface area contributed by atoms with Crippen molar-refractivity contribution in [1.29, 1.82) is 5.41 Å². The number of nitrogens with one attached hydrogen (secondary N) is 2. The summed E-state index contributed by atoms with van der Waals surface area (Å²) in [6.07, 6.45) is 9.25. The smallest absolute Gasteiger partial charge is 0.226 e. The molecule has 3 aliphatic rings. The molecule has 4 N–H and O–H groups in total. The molecular formula is C27H35N3O3S. The Labute approximate surface area is 205 Å². The van der Waals surface area contributed by atoms with Gasteiger partial charge in [0.25, 0.3) is 0 Å². The average molecular weight is 482 g/mol. The minimum absolute atomic E-state index is 0.0182. The topological polar surface area (TPSA) is 106 Å². The Bertz CT molecular complexity index is 1100. The number of carbonyl (C=O) groups is 1. The maximum atomic E-state index is 12.7. The molecule has 2 saturated carbocycles. The molecule has 1 aromatic heterocycles. The van der Waals surface area contributed by atoms with Crippen molar-refractivity contribution in [3.63, 3.8) is 0 Å². The molecule has 2 aromatic rings. The number of aromatic nitrogens is 1. The zero-order valence-electron chi connectivity index (χ0n) is 20.0. The zero-order valence-corrected chi connectivity index (χ0v) is 20.8. The lowest BCUT2D eigenvalue weighted by Gasteiger charge is -2.54. The molecule has 34 heavy (non-hydrogen) atoms. The van der Waals surface area contributed by atoms with Crippen LogP contribution in [0.3, 0.4) is 0 Å². The molecule has 7 heteroatoms. The Morgan fingerprint density at radius 3 is 2.94 bits per heavy atom. The van der Waals surface area contributed by atoms with Crippen molar-refractivity contribution in [2.75, 3.05) is 5.32 Å². The number of carbonyl (C=O) groups excluding carboxylic acids is 1. The second kappa shape index (κ2) is 8.76. The Kier molecular flexibility index (Phi) is 6.05. The summed E-state index contributed by atoms with van der Waals surface area (Å²) in [6.45, 7) is 4.21. The molecule has 0 saturated heterocycles. The van der Waals surface area contributed by atoms with Crippen molar-refractivity contribution in [3.05, 3.63) is 40.4 Å². The number of amides is 1. The fraction of sp³-hybridized carbons (Fsp3) is 0.593. The Balaban J connectivity index is 1.39. The van der Waals surface area contributed by atoms with Gasteiger partial charge < -0.3 is 20.9 Å². The summed E-state index contributed by atoms with van der Waals surface area (Å²) in [7, 11) is 0. The summed E-state index contributed by atoms with van der Waals surface area (Å²) < 4.78 is 0. The summed E-state index contributed by atoms with van der Waals surface area (Å²) >= 11 is 1.48. The number of aromatic hydroxyl groups is 1. The van der Waals surface area contributed by atoms with E-state index in [0.29, 0.717) is 47.9 Å². The van der Waals surface area contributed by atoms with Crippen LogP contribution in [-0.2, 0) is 11.2 Å². The van der Waals surface area contributed by atoms with E-state index in [9.17, 15) is 15.0 Å². The first kappa shape index (κ1) is 23.5. The minimum Gasteiger partial charge on any atom is -0.508 e. The number of aryl methyl sites for hydroxylation is 2. The number of anilines is 1. The molecule has 1 aromatic carbocycles. The number of hydrogen-bond acceptors (Lipinski definition) is 6. The number of nitrogens with zero attached hydrogens (tertiary/aromatic N) is 1. The Hall–Kier alpha value is -2.25. The quantitative estimate of drug-likeness (QED) is 0.413. The van der Waals surface area contributed by atoms with E-state index in [0.717, 1.165) is 37.0 Å². The maximum absolute atomic E-state index is 12.7. The first-order valence-corrected chi connectivity index (χ1v) is 13.3. The van der Waals surface area contributed by atoms with Gasteiger partial charge in [0, 0.05) is 29.3 Å². The van der Waals surface area contributed by atoms with Crippen LogP contribution >= 0.6 is 11.3 Å². The van der Waals surface area contributed by atoms with Gasteiger partial charge in [-0.3, -0.25) is 4.79 Å². The van der Waals surface area contributed by atoms with Crippen LogP contribution in [-0.4, -0.2) is 32.9 Å². The molecule has 0 radical (unpaired) electrons. The van der Waals surface area contributed by atoms with E-state index < -0.39 is 5.60 Å². The van der Waals surface area contributed by atoms with Crippen molar-refractivity contribution in [2.45, 2.75) is 76.7 Å². The van der Waals surface area contributed by atoms with Gasteiger partial charge in [0.15, 0.2) is 5.13 Å². The van der Waals surface area contributed by atoms with Crippen molar-refractivity contribution in [2.24, 2.45) is 23.2 Å². The second-order valence-corrected chi connectivity index (χ2v) is 12.2. The molecule has 3 unspecified atom stereocenters. The molecule has 6 nitrogen and oxygen atoms in total. The zero-order chi connectivity index (χ0) is 24.1. The van der Waals surface area contributed by atoms with Crippen LogP contribution < -0.4 is 5.32 Å². The lowest BCUT2D eigenvalue weighted by atomic mass is 9.52. The fourth-order valence-electron chi connectivity index (χ4n) is 7.70. The molecule has 182 valence electrons. The van der Waals surface area contributed by atoms with Gasteiger partial charge in [0.05, 0.1) is 5.60 Å². The lowest BCUT2D eigenvalue weighted by molar-refractivity contribution is -0.116. The van der Waals surface area contributed by atoms with E-state index in [-0.39, 0.29) is 17.2 Å². The molecule has 0 spiro atoms. The number of hydrogen-bond donors (Lipinski definition) is 4. The fourth-order valence-corrected chi connectivity index (χ4v) is 8.38. The van der Waals surface area contributed by atoms with E-state index in [1.807, 2.05) is 13.0 Å². The highest BCUT2D eigenvalue weighted by molar-refractivity contribution is 7.15. The predicted octanol–water partition coefficient (Wildman–Crippen LogP) is 5.43. The molecule has 0 aliphatic heterocycles. The first-order valence-electron chi connectivity index (χ1n) is 12.5. The lowest BCUT2D eigenvalue weighted by Crippen LogP contribution is -2.51. The van der Waals surface area contributed by atoms with Crippen LogP contribution in [0.15, 0.2) is 24.4 Å². The molecule has 2 fully saturated rings. The molecular weight excluding hydrogens is 446 g/mol. The number of benzene rings is 1. The predicted molar refractivity (Wildman–Crippen MR) is 135 cm³/mol. The molecule has 0 bridgehead atoms. The van der Waals surface area contributed by atoms with Crippen LogP contribution in [0.4, 0.5) is 5.13 Å². The Morgan fingerprint density at radius 2 is 2.21 bits per heavy atom. The summed E-state index contributed by atoms with van der Waals surface area (Å²) in [4.78, 5) is 18.0. The van der Waals surface area contributed by atoms with Gasteiger partial charge in [0.2, 0.25) is 5.91 Å². The highest BCUT2D eigenvalue weighted by atomic mass is 32.1. The summed E-state index contributed by atoms with van der Waals surface area (Å²) in [5.74, 6) is 1.75. The van der Waals surface area contributed by atoms with Gasteiger partial charge in [-0.25, -0.2) is 4.98 Å². The molecule has 1 amide bonds. The van der Waals surface area contributed by atoms with E-state index in [2.05, 4.69) is 23.3 Å². The van der Waals surface area contributed by atoms with Crippen LogP contribution in [0, 0.1) is 35.5 Å². The third-order valence-electron chi connectivity index (χ3n) is 9.18. The molecule has 3 aliphatic carbocycles. The van der Waals surface area contributed by atoms with Crippen molar-refractivity contribution < 1.29 is 15.0 Å². The Morgan fingerprint density at radius 1 is 1.38 bits per heavy atom. The standard InChI is InChI=1S/C27H35N3O3S/c1-16-15-29-25(34-16)30-23(32)8-4-18-14-27(33,11-12-28)26(2)10-9-21-20-7-5-19(31)13-17(20)3-6-22(21)24(18)26/h5,7,12-13,15,18,21-22,24,28,31,33H,3-4,6,8-11,14H2,1-2H3,(H,29,30,32)/t18-,21?,22?,24?,26+,27+/m1/s1. The van der Waals surface area contributed by atoms with Crippen molar-refractivity contribution >= 4 is 28.6 Å². The maximum Gasteiger partial charge on any atom is 0.226 e. The summed E-state index contributed by atoms with van der Waals surface area (Å²) in [5.41, 5.74) is 1.46. The average Bonchev–Trinajstić information content (AvgIpc) is 3.30. The summed E-state index contributed by atoms with van der Waals surface area (Å²) in [6, 6.07) is 5.82. The van der Waals surface area contributed by atoms with Crippen LogP contribution in [0.25, 0.3) is 0 Å². The van der Waals surface area contributed by atoms with Crippen molar-refractivity contribution in [1.82, 2.24) is 4.98 Å². The normalized spacial score (nSPS) is 34.1. The molecule has 1 heterocycles. The molecule has 6 atom stereocenters. The van der Waals surface area contributed by atoms with E-state index in [1.165, 1.54) is 28.7 Å². The van der Waals surface area contributed by atoms with E-state index in [4.69, 9.17) is 5.41 Å². The van der Waals surface area contributed by atoms with E-state index in [1.54, 1.807) is 12.3 Å². The van der Waals surface area contributed by atoms with E-state index >= 15 is 0 Å². The number of phenolic OH excluding ortho intramolecular Hbond substituents is 1. The number of rotatable bonds is 6. The number of phenols is 1. The molecule has 5 rings (SSSR count). The van der Waals surface area contributed by atoms with Gasteiger partial charge in [-0.05, 0) is 98.6 Å². The van der Waals surface area contributed by atoms with Gasteiger partial charge in [-0.15, -0.1) is 11.3 Å². The van der Waals surface area contributed by atoms with Gasteiger partial charge in [0.1, 0.15) is 5.75 Å². The van der Waals surface area contributed by atoms with Crippen LogP contribution in [0.2, 0.25) is 0 Å². The third kappa shape index (κ3) is 3.87. The number of thiazole rings is 1. The van der Waals surface area contributed by atoms with Crippen LogP contribution in [0.5, 0.6) is 5.75 Å². The van der Waals surface area contributed by atoms with Crippen LogP contribution in [0.1, 0.15) is 73.8 Å². The van der Waals surface area contributed by atoms with Crippen molar-refractivity contribution in [3.8, 4) is 5.75 Å². The minimum atomic E-state index is -0.896. The first-order chi connectivity index (χ1) is 16.2. The highest BCUT2D eigenvalue weighted by Gasteiger charge is 2.64. The summed E-state index contributed by atoms with van der Waals surface area (Å²) in [5, 5.41) is 33.2. The van der Waals surface area contributed by atoms with Gasteiger partial charge in [-0.1, -0.05) is 13.0 Å². The highest BCUT2D eigenvalue weighted by Crippen LogP contribution is 2.67. The number of aliphatic hydroxyl groups is 1. The van der Waals surface area contributed by atoms with Gasteiger partial charge in [-0.2, -0.15) is 0 Å². The monoisotopic (exact) mass is 481 g/mol. The largest absolute Gasteiger partial charge is 0.508 e. The number of fused-ring (bicyclic) bond motifs is 5. The third-order valence-corrected chi connectivity index (χ3v) is 10.0. The van der Waals surface area contributed by atoms with Gasteiger partial charge >= 0.3 is 0 Å².